The molecule has 0 aromatic carbocycles. The Balaban J connectivity index is 1.92. The largest absolute Gasteiger partial charge is 0.379 e. The number of carbonyl (C=O) groups is 1. The predicted molar refractivity (Wildman–Crippen MR) is 71.1 cm³/mol. The van der Waals surface area contributed by atoms with E-state index in [1.54, 1.807) is 0 Å². The van der Waals surface area contributed by atoms with E-state index in [0.29, 0.717) is 31.0 Å². The smallest absolute Gasteiger partial charge is 0.245 e. The Morgan fingerprint density at radius 1 is 1.33 bits per heavy atom. The molecule has 18 heavy (non-hydrogen) atoms. The van der Waals surface area contributed by atoms with Crippen LogP contribution in [0.3, 0.4) is 0 Å². The van der Waals surface area contributed by atoms with E-state index < -0.39 is 5.54 Å². The normalized spacial score (nSPS) is 30.8. The highest BCUT2D eigenvalue weighted by Crippen LogP contribution is 2.35. The van der Waals surface area contributed by atoms with Crippen molar-refractivity contribution in [3.05, 3.63) is 0 Å². The van der Waals surface area contributed by atoms with Gasteiger partial charge in [0.05, 0.1) is 6.61 Å². The average Bonchev–Trinajstić information content (AvgIpc) is 2.75. The van der Waals surface area contributed by atoms with Gasteiger partial charge < -0.3 is 15.4 Å². The number of likely N-dealkylation sites (tertiary alicyclic amines) is 1. The quantitative estimate of drug-likeness (QED) is 0.769. The number of hydrogen-bond donors (Lipinski definition) is 1. The predicted octanol–water partition coefficient (Wildman–Crippen LogP) is 1.39. The Morgan fingerprint density at radius 2 is 1.94 bits per heavy atom. The molecule has 2 heterocycles. The minimum atomic E-state index is -0.755. The first-order valence-electron chi connectivity index (χ1n) is 6.99. The van der Waals surface area contributed by atoms with Gasteiger partial charge in [-0.3, -0.25) is 4.79 Å². The van der Waals surface area contributed by atoms with E-state index >= 15 is 0 Å². The van der Waals surface area contributed by atoms with Crippen LogP contribution in [-0.2, 0) is 9.53 Å². The maximum absolute atomic E-state index is 12.4. The number of nitrogens with zero attached hydrogens (tertiary/aromatic N) is 1. The van der Waals surface area contributed by atoms with Crippen molar-refractivity contribution in [2.24, 2.45) is 17.1 Å². The summed E-state index contributed by atoms with van der Waals surface area (Å²) < 4.78 is 5.27. The Labute approximate surface area is 110 Å². The third kappa shape index (κ3) is 2.69. The molecule has 2 fully saturated rings. The molecule has 4 nitrogen and oxygen atoms in total. The lowest BCUT2D eigenvalue weighted by atomic mass is 9.75. The van der Waals surface area contributed by atoms with Gasteiger partial charge in [-0.2, -0.15) is 0 Å². The molecule has 2 saturated heterocycles. The zero-order valence-electron chi connectivity index (χ0n) is 11.9. The molecule has 2 aliphatic heterocycles. The molecule has 0 spiro atoms. The highest BCUT2D eigenvalue weighted by Gasteiger charge is 2.42. The average molecular weight is 254 g/mol. The second kappa shape index (κ2) is 4.82. The fraction of sp³-hybridized carbons (Fsp3) is 0.929. The van der Waals surface area contributed by atoms with E-state index in [9.17, 15) is 4.79 Å². The Kier molecular flexibility index (Phi) is 3.70. The number of nitrogens with two attached hydrogens (primary N) is 1. The van der Waals surface area contributed by atoms with Gasteiger partial charge in [-0.25, -0.2) is 0 Å². The summed E-state index contributed by atoms with van der Waals surface area (Å²) in [5.41, 5.74) is 5.72. The van der Waals surface area contributed by atoms with Crippen LogP contribution in [0.15, 0.2) is 0 Å². The maximum atomic E-state index is 12.4. The molecule has 0 radical (unpaired) electrons. The Bertz CT molecular complexity index is 308. The minimum Gasteiger partial charge on any atom is -0.379 e. The van der Waals surface area contributed by atoms with E-state index in [2.05, 4.69) is 20.8 Å². The van der Waals surface area contributed by atoms with Crippen molar-refractivity contribution in [2.45, 2.75) is 45.6 Å². The highest BCUT2D eigenvalue weighted by molar-refractivity contribution is 5.86. The molecule has 1 unspecified atom stereocenters. The third-order valence-corrected chi connectivity index (χ3v) is 4.48. The van der Waals surface area contributed by atoms with Gasteiger partial charge in [-0.05, 0) is 30.6 Å². The van der Waals surface area contributed by atoms with Gasteiger partial charge in [-0.1, -0.05) is 20.8 Å². The lowest BCUT2D eigenvalue weighted by Gasteiger charge is -2.40. The van der Waals surface area contributed by atoms with Gasteiger partial charge in [-0.15, -0.1) is 0 Å². The number of hydrogen-bond acceptors (Lipinski definition) is 3. The van der Waals surface area contributed by atoms with Crippen molar-refractivity contribution in [2.75, 3.05) is 26.3 Å². The molecule has 2 aliphatic rings. The molecule has 2 N–H and O–H groups in total. The first kappa shape index (κ1) is 13.8. The molecule has 0 aromatic rings. The van der Waals surface area contributed by atoms with Crippen molar-refractivity contribution in [3.8, 4) is 0 Å². The van der Waals surface area contributed by atoms with E-state index in [0.717, 1.165) is 25.9 Å². The topological polar surface area (TPSA) is 55.6 Å². The van der Waals surface area contributed by atoms with E-state index in [1.807, 2.05) is 4.90 Å². The molecule has 104 valence electrons. The summed E-state index contributed by atoms with van der Waals surface area (Å²) >= 11 is 0. The number of ether oxygens (including phenoxy) is 1. The SMILES string of the molecule is CC(C)(C)C1CCN(C(=O)C2(N)CCOC2)CC1. The van der Waals surface area contributed by atoms with Crippen molar-refractivity contribution in [1.82, 2.24) is 4.90 Å². The second-order valence-electron chi connectivity index (χ2n) is 6.89. The van der Waals surface area contributed by atoms with Crippen LogP contribution < -0.4 is 5.73 Å². The van der Waals surface area contributed by atoms with Crippen molar-refractivity contribution < 1.29 is 9.53 Å². The number of carbonyl (C=O) groups excluding carboxylic acids is 1. The number of amides is 1. The summed E-state index contributed by atoms with van der Waals surface area (Å²) in [6.07, 6.45) is 2.84. The van der Waals surface area contributed by atoms with E-state index in [-0.39, 0.29) is 5.91 Å². The molecule has 2 rings (SSSR count). The number of rotatable bonds is 1. The monoisotopic (exact) mass is 254 g/mol. The lowest BCUT2D eigenvalue weighted by molar-refractivity contribution is -0.139. The number of piperidine rings is 1. The van der Waals surface area contributed by atoms with Crippen molar-refractivity contribution in [3.63, 3.8) is 0 Å². The fourth-order valence-corrected chi connectivity index (χ4v) is 3.01. The molecule has 4 heteroatoms. The van der Waals surface area contributed by atoms with Gasteiger partial charge in [0.15, 0.2) is 0 Å². The van der Waals surface area contributed by atoms with Crippen LogP contribution >= 0.6 is 0 Å². The molecule has 1 atom stereocenters. The van der Waals surface area contributed by atoms with Gasteiger partial charge in [0, 0.05) is 19.7 Å². The lowest BCUT2D eigenvalue weighted by Crippen LogP contribution is -2.57. The molecule has 1 amide bonds. The van der Waals surface area contributed by atoms with Crippen LogP contribution in [0.2, 0.25) is 0 Å². The van der Waals surface area contributed by atoms with Crippen LogP contribution in [0.25, 0.3) is 0 Å². The standard InChI is InChI=1S/C14H26N2O2/c1-13(2,3)11-4-7-16(8-5-11)12(17)14(15)6-9-18-10-14/h11H,4-10,15H2,1-3H3. The Morgan fingerprint density at radius 3 is 2.39 bits per heavy atom. The third-order valence-electron chi connectivity index (χ3n) is 4.48. The molecule has 0 aromatic heterocycles. The van der Waals surface area contributed by atoms with Crippen LogP contribution in [0, 0.1) is 11.3 Å². The molecular weight excluding hydrogens is 228 g/mol. The Hall–Kier alpha value is -0.610. The summed E-state index contributed by atoms with van der Waals surface area (Å²) in [6.45, 7) is 9.53. The summed E-state index contributed by atoms with van der Waals surface area (Å²) in [4.78, 5) is 14.3. The van der Waals surface area contributed by atoms with E-state index in [1.165, 1.54) is 0 Å². The highest BCUT2D eigenvalue weighted by atomic mass is 16.5. The van der Waals surface area contributed by atoms with Crippen LogP contribution in [0.4, 0.5) is 0 Å². The van der Waals surface area contributed by atoms with Gasteiger partial charge >= 0.3 is 0 Å². The molecular formula is C14H26N2O2. The van der Waals surface area contributed by atoms with Crippen LogP contribution in [0.5, 0.6) is 0 Å². The summed E-state index contributed by atoms with van der Waals surface area (Å²) in [7, 11) is 0. The van der Waals surface area contributed by atoms with Gasteiger partial charge in [0.25, 0.3) is 0 Å². The molecule has 0 bridgehead atoms. The summed E-state index contributed by atoms with van der Waals surface area (Å²) in [5, 5.41) is 0. The first-order chi connectivity index (χ1) is 8.33. The van der Waals surface area contributed by atoms with Crippen LogP contribution in [-0.4, -0.2) is 42.6 Å². The van der Waals surface area contributed by atoms with Crippen molar-refractivity contribution >= 4 is 5.91 Å². The second-order valence-corrected chi connectivity index (χ2v) is 6.89. The fourth-order valence-electron chi connectivity index (χ4n) is 3.01. The first-order valence-corrected chi connectivity index (χ1v) is 6.99. The van der Waals surface area contributed by atoms with Crippen LogP contribution in [0.1, 0.15) is 40.0 Å². The zero-order valence-corrected chi connectivity index (χ0v) is 11.9. The summed E-state index contributed by atoms with van der Waals surface area (Å²) in [6, 6.07) is 0. The molecule has 0 aliphatic carbocycles. The minimum absolute atomic E-state index is 0.0901. The summed E-state index contributed by atoms with van der Waals surface area (Å²) in [5.74, 6) is 0.794. The molecule has 0 saturated carbocycles. The van der Waals surface area contributed by atoms with Gasteiger partial charge in [0.1, 0.15) is 5.54 Å². The zero-order chi connectivity index (χ0) is 13.4. The van der Waals surface area contributed by atoms with Gasteiger partial charge in [0.2, 0.25) is 5.91 Å². The van der Waals surface area contributed by atoms with E-state index in [4.69, 9.17) is 10.5 Å². The van der Waals surface area contributed by atoms with Crippen molar-refractivity contribution in [1.29, 1.82) is 0 Å². The maximum Gasteiger partial charge on any atom is 0.245 e.